The number of aromatic hydroxyl groups is 1. The van der Waals surface area contributed by atoms with E-state index in [4.69, 9.17) is 4.74 Å². The summed E-state index contributed by atoms with van der Waals surface area (Å²) in [6, 6.07) is 14.7. The molecule has 22 heavy (non-hydrogen) atoms. The second-order valence-electron chi connectivity index (χ2n) is 4.76. The molecular weight excluding hydrogens is 282 g/mol. The molecule has 5 heteroatoms. The topological polar surface area (TPSA) is 75.6 Å². The molecule has 114 valence electrons. The van der Waals surface area contributed by atoms with Crippen LogP contribution in [0.2, 0.25) is 0 Å². The zero-order valence-electron chi connectivity index (χ0n) is 12.2. The van der Waals surface area contributed by atoms with Crippen LogP contribution in [0.4, 0.5) is 0 Å². The minimum atomic E-state index is -0.820. The molecule has 1 unspecified atom stereocenters. The Balaban J connectivity index is 2.15. The Kier molecular flexibility index (Phi) is 5.14. The third-order valence-electron chi connectivity index (χ3n) is 3.22. The molecule has 0 saturated carbocycles. The normalized spacial score (nSPS) is 11.5. The van der Waals surface area contributed by atoms with Crippen LogP contribution in [0.15, 0.2) is 54.6 Å². The van der Waals surface area contributed by atoms with E-state index in [2.05, 4.69) is 5.32 Å². The van der Waals surface area contributed by atoms with Crippen molar-refractivity contribution >= 4 is 11.9 Å². The maximum absolute atomic E-state index is 12.2. The molecule has 2 rings (SSSR count). The van der Waals surface area contributed by atoms with Crippen molar-refractivity contribution in [1.82, 2.24) is 5.32 Å². The van der Waals surface area contributed by atoms with Crippen LogP contribution in [0.1, 0.15) is 15.9 Å². The van der Waals surface area contributed by atoms with Crippen LogP contribution in [0.3, 0.4) is 0 Å². The average molecular weight is 299 g/mol. The molecule has 0 radical (unpaired) electrons. The molecule has 2 aromatic rings. The molecule has 2 aromatic carbocycles. The summed E-state index contributed by atoms with van der Waals surface area (Å²) >= 11 is 0. The molecule has 0 spiro atoms. The highest BCUT2D eigenvalue weighted by Gasteiger charge is 2.23. The second kappa shape index (κ2) is 7.26. The van der Waals surface area contributed by atoms with E-state index in [0.29, 0.717) is 6.42 Å². The van der Waals surface area contributed by atoms with Crippen LogP contribution >= 0.6 is 0 Å². The Morgan fingerprint density at radius 1 is 1.09 bits per heavy atom. The number of phenols is 1. The third-order valence-corrected chi connectivity index (χ3v) is 3.22. The third kappa shape index (κ3) is 3.85. The van der Waals surface area contributed by atoms with Crippen molar-refractivity contribution in [2.75, 3.05) is 7.11 Å². The summed E-state index contributed by atoms with van der Waals surface area (Å²) in [6.07, 6.45) is 0.312. The second-order valence-corrected chi connectivity index (χ2v) is 4.76. The van der Waals surface area contributed by atoms with Gasteiger partial charge in [-0.15, -0.1) is 0 Å². The maximum Gasteiger partial charge on any atom is 0.328 e. The molecule has 0 fully saturated rings. The molecule has 0 aliphatic heterocycles. The summed E-state index contributed by atoms with van der Waals surface area (Å²) in [5.74, 6) is -1.19. The number of nitrogens with one attached hydrogen (secondary N) is 1. The van der Waals surface area contributed by atoms with Gasteiger partial charge in [0, 0.05) is 6.42 Å². The average Bonchev–Trinajstić information content (AvgIpc) is 2.54. The van der Waals surface area contributed by atoms with Crippen molar-refractivity contribution in [3.05, 3.63) is 65.7 Å². The molecule has 0 bridgehead atoms. The van der Waals surface area contributed by atoms with E-state index < -0.39 is 17.9 Å². The van der Waals surface area contributed by atoms with Crippen molar-refractivity contribution in [2.45, 2.75) is 12.5 Å². The summed E-state index contributed by atoms with van der Waals surface area (Å²) in [4.78, 5) is 24.1. The Morgan fingerprint density at radius 2 is 1.73 bits per heavy atom. The highest BCUT2D eigenvalue weighted by Crippen LogP contribution is 2.16. The first-order chi connectivity index (χ1) is 10.6. The van der Waals surface area contributed by atoms with E-state index in [-0.39, 0.29) is 11.3 Å². The Hall–Kier alpha value is -2.82. The molecular formula is C17H17NO4. The lowest BCUT2D eigenvalue weighted by molar-refractivity contribution is -0.142. The quantitative estimate of drug-likeness (QED) is 0.827. The van der Waals surface area contributed by atoms with Crippen LogP contribution in [-0.2, 0) is 16.0 Å². The molecule has 1 atom stereocenters. The van der Waals surface area contributed by atoms with Crippen molar-refractivity contribution in [1.29, 1.82) is 0 Å². The number of carbonyl (C=O) groups excluding carboxylic acids is 2. The van der Waals surface area contributed by atoms with E-state index in [1.807, 2.05) is 30.3 Å². The number of phenolic OH excluding ortho intramolecular Hbond substituents is 1. The van der Waals surface area contributed by atoms with Gasteiger partial charge in [-0.2, -0.15) is 0 Å². The van der Waals surface area contributed by atoms with E-state index in [1.54, 1.807) is 12.1 Å². The van der Waals surface area contributed by atoms with Gasteiger partial charge in [0.05, 0.1) is 12.7 Å². The lowest BCUT2D eigenvalue weighted by atomic mass is 10.1. The largest absolute Gasteiger partial charge is 0.507 e. The number of hydrogen-bond acceptors (Lipinski definition) is 4. The number of hydrogen-bond donors (Lipinski definition) is 2. The summed E-state index contributed by atoms with van der Waals surface area (Å²) in [5, 5.41) is 12.3. The fraction of sp³-hybridized carbons (Fsp3) is 0.176. The Morgan fingerprint density at radius 3 is 2.36 bits per heavy atom. The van der Waals surface area contributed by atoms with E-state index in [0.717, 1.165) is 5.56 Å². The van der Waals surface area contributed by atoms with Gasteiger partial charge in [0.25, 0.3) is 5.91 Å². The van der Waals surface area contributed by atoms with Crippen LogP contribution in [-0.4, -0.2) is 30.1 Å². The first-order valence-corrected chi connectivity index (χ1v) is 6.82. The number of benzene rings is 2. The Bertz CT molecular complexity index is 655. The molecule has 5 nitrogen and oxygen atoms in total. The highest BCUT2D eigenvalue weighted by atomic mass is 16.5. The molecule has 1 amide bonds. The number of amides is 1. The van der Waals surface area contributed by atoms with Crippen molar-refractivity contribution in [3.8, 4) is 5.75 Å². The van der Waals surface area contributed by atoms with Crippen molar-refractivity contribution in [2.24, 2.45) is 0 Å². The number of methoxy groups -OCH3 is 1. The first kappa shape index (κ1) is 15.6. The van der Waals surface area contributed by atoms with Crippen LogP contribution < -0.4 is 5.32 Å². The molecule has 0 saturated heterocycles. The lowest BCUT2D eigenvalue weighted by Crippen LogP contribution is -2.43. The van der Waals surface area contributed by atoms with Gasteiger partial charge in [0.2, 0.25) is 0 Å². The maximum atomic E-state index is 12.2. The zero-order valence-corrected chi connectivity index (χ0v) is 12.2. The fourth-order valence-electron chi connectivity index (χ4n) is 2.09. The van der Waals surface area contributed by atoms with E-state index in [1.165, 1.54) is 19.2 Å². The predicted molar refractivity (Wildman–Crippen MR) is 81.5 cm³/mol. The van der Waals surface area contributed by atoms with Gasteiger partial charge >= 0.3 is 5.97 Å². The number of ether oxygens (including phenoxy) is 1. The van der Waals surface area contributed by atoms with Crippen LogP contribution in [0, 0.1) is 0 Å². The van der Waals surface area contributed by atoms with Gasteiger partial charge in [0.1, 0.15) is 11.8 Å². The van der Waals surface area contributed by atoms with Gasteiger partial charge in [-0.25, -0.2) is 4.79 Å². The van der Waals surface area contributed by atoms with E-state index in [9.17, 15) is 14.7 Å². The highest BCUT2D eigenvalue weighted by molar-refractivity contribution is 5.99. The van der Waals surface area contributed by atoms with Gasteiger partial charge in [-0.1, -0.05) is 42.5 Å². The van der Waals surface area contributed by atoms with Crippen molar-refractivity contribution in [3.63, 3.8) is 0 Å². The zero-order chi connectivity index (χ0) is 15.9. The summed E-state index contributed by atoms with van der Waals surface area (Å²) in [5.41, 5.74) is 1.01. The van der Waals surface area contributed by atoms with Gasteiger partial charge in [0.15, 0.2) is 0 Å². The monoisotopic (exact) mass is 299 g/mol. The fourth-order valence-corrected chi connectivity index (χ4v) is 2.09. The molecule has 0 heterocycles. The standard InChI is InChI=1S/C17H17NO4/c1-22-17(21)14(11-12-7-3-2-4-8-12)18-16(20)13-9-5-6-10-15(13)19/h2-10,14,19H,11H2,1H3,(H,18,20). The number of esters is 1. The van der Waals surface area contributed by atoms with Crippen LogP contribution in [0.5, 0.6) is 5.75 Å². The van der Waals surface area contributed by atoms with Gasteiger partial charge in [-0.05, 0) is 17.7 Å². The summed E-state index contributed by atoms with van der Waals surface area (Å²) in [7, 11) is 1.27. The molecule has 2 N–H and O–H groups in total. The summed E-state index contributed by atoms with van der Waals surface area (Å²) in [6.45, 7) is 0. The molecule has 0 aromatic heterocycles. The predicted octanol–water partition coefficient (Wildman–Crippen LogP) is 1.91. The van der Waals surface area contributed by atoms with E-state index >= 15 is 0 Å². The van der Waals surface area contributed by atoms with Gasteiger partial charge < -0.3 is 15.2 Å². The minimum Gasteiger partial charge on any atom is -0.507 e. The molecule has 0 aliphatic rings. The summed E-state index contributed by atoms with van der Waals surface area (Å²) < 4.78 is 4.74. The first-order valence-electron chi connectivity index (χ1n) is 6.82. The minimum absolute atomic E-state index is 0.115. The number of carbonyl (C=O) groups is 2. The number of rotatable bonds is 5. The Labute approximate surface area is 128 Å². The lowest BCUT2D eigenvalue weighted by Gasteiger charge is -2.17. The molecule has 0 aliphatic carbocycles. The SMILES string of the molecule is COC(=O)C(Cc1ccccc1)NC(=O)c1ccccc1O. The van der Waals surface area contributed by atoms with Crippen molar-refractivity contribution < 1.29 is 19.4 Å². The van der Waals surface area contributed by atoms with Crippen LogP contribution in [0.25, 0.3) is 0 Å². The van der Waals surface area contributed by atoms with Gasteiger partial charge in [-0.3, -0.25) is 4.79 Å². The smallest absolute Gasteiger partial charge is 0.328 e. The number of para-hydroxylation sites is 1.